The Bertz CT molecular complexity index is 606. The van der Waals surface area contributed by atoms with Gasteiger partial charge in [0.05, 0.1) is 25.5 Å². The molecule has 1 unspecified atom stereocenters. The maximum atomic E-state index is 12.9. The number of hydrogen-bond donors (Lipinski definition) is 1. The Labute approximate surface area is 154 Å². The summed E-state index contributed by atoms with van der Waals surface area (Å²) < 4.78 is 10.6. The van der Waals surface area contributed by atoms with E-state index in [1.807, 2.05) is 4.90 Å². The molecule has 2 saturated heterocycles. The lowest BCUT2D eigenvalue weighted by Gasteiger charge is -2.46. The molecule has 0 bridgehead atoms. The normalized spacial score (nSPS) is 22.5. The van der Waals surface area contributed by atoms with E-state index in [1.54, 1.807) is 0 Å². The summed E-state index contributed by atoms with van der Waals surface area (Å²) in [7, 11) is 1.51. The number of nitrogens with zero attached hydrogens (tertiary/aromatic N) is 4. The minimum Gasteiger partial charge on any atom is -0.480 e. The fourth-order valence-electron chi connectivity index (χ4n) is 3.79. The molecule has 0 spiro atoms. The Hall–Kier alpha value is -1.93. The number of nitrogens with one attached hydrogen (secondary N) is 1. The number of piperidine rings is 1. The highest BCUT2D eigenvalue weighted by atomic mass is 16.6. The zero-order chi connectivity index (χ0) is 18.5. The van der Waals surface area contributed by atoms with Crippen LogP contribution in [0.15, 0.2) is 12.4 Å². The Morgan fingerprint density at radius 3 is 2.65 bits per heavy atom. The fraction of sp³-hybridized carbons (Fsp3) is 0.722. The van der Waals surface area contributed by atoms with Crippen molar-refractivity contribution in [3.05, 3.63) is 12.4 Å². The Balaban J connectivity index is 1.72. The van der Waals surface area contributed by atoms with Crippen LogP contribution in [-0.2, 0) is 0 Å². The Kier molecular flexibility index (Phi) is 6.26. The minimum absolute atomic E-state index is 0.166. The highest BCUT2D eigenvalue weighted by Crippen LogP contribution is 2.26. The van der Waals surface area contributed by atoms with E-state index >= 15 is 0 Å². The molecule has 0 aliphatic carbocycles. The van der Waals surface area contributed by atoms with Crippen molar-refractivity contribution in [2.75, 3.05) is 39.8 Å². The first-order valence-corrected chi connectivity index (χ1v) is 9.37. The van der Waals surface area contributed by atoms with Gasteiger partial charge in [0.15, 0.2) is 0 Å². The zero-order valence-electron chi connectivity index (χ0n) is 15.9. The number of carbonyl (C=O) groups is 1. The standard InChI is InChI=1S/C18H29N5O3/c1-13(2)22-8-9-23(15(12-22)14-4-6-19-7-5-14)18(24)26-17-11-20-10-16(21-17)25-3/h10-11,13-15,19H,4-9,12H2,1-3H3. The molecule has 1 amide bonds. The third-order valence-electron chi connectivity index (χ3n) is 5.33. The molecule has 0 radical (unpaired) electrons. The summed E-state index contributed by atoms with van der Waals surface area (Å²) >= 11 is 0. The van der Waals surface area contributed by atoms with Crippen LogP contribution >= 0.6 is 0 Å². The molecule has 0 saturated carbocycles. The molecule has 3 heterocycles. The SMILES string of the molecule is COc1cncc(OC(=O)N2CCN(C(C)C)CC2C2CCNCC2)n1. The van der Waals surface area contributed by atoms with Gasteiger partial charge in [0.25, 0.3) is 0 Å². The number of hydrogen-bond acceptors (Lipinski definition) is 7. The monoisotopic (exact) mass is 363 g/mol. The van der Waals surface area contributed by atoms with Crippen LogP contribution in [0.2, 0.25) is 0 Å². The first-order valence-electron chi connectivity index (χ1n) is 9.37. The Morgan fingerprint density at radius 1 is 1.23 bits per heavy atom. The third kappa shape index (κ3) is 4.42. The van der Waals surface area contributed by atoms with E-state index < -0.39 is 0 Å². The van der Waals surface area contributed by atoms with Crippen LogP contribution in [0.25, 0.3) is 0 Å². The van der Waals surface area contributed by atoms with Crippen molar-refractivity contribution in [3.63, 3.8) is 0 Å². The number of rotatable bonds is 4. The van der Waals surface area contributed by atoms with E-state index in [-0.39, 0.29) is 18.0 Å². The number of amides is 1. The molecule has 8 nitrogen and oxygen atoms in total. The van der Waals surface area contributed by atoms with Crippen molar-refractivity contribution in [2.24, 2.45) is 5.92 Å². The highest BCUT2D eigenvalue weighted by molar-refractivity contribution is 5.70. The van der Waals surface area contributed by atoms with Gasteiger partial charge in [0.2, 0.25) is 11.8 Å². The van der Waals surface area contributed by atoms with Gasteiger partial charge in [-0.3, -0.25) is 9.88 Å². The second-order valence-electron chi connectivity index (χ2n) is 7.20. The van der Waals surface area contributed by atoms with E-state index in [1.165, 1.54) is 19.5 Å². The number of methoxy groups -OCH3 is 1. The van der Waals surface area contributed by atoms with Crippen molar-refractivity contribution < 1.29 is 14.3 Å². The molecule has 2 fully saturated rings. The van der Waals surface area contributed by atoms with Crippen LogP contribution in [0.5, 0.6) is 11.8 Å². The van der Waals surface area contributed by atoms with Gasteiger partial charge in [0, 0.05) is 25.7 Å². The van der Waals surface area contributed by atoms with Crippen molar-refractivity contribution >= 4 is 6.09 Å². The third-order valence-corrected chi connectivity index (χ3v) is 5.33. The summed E-state index contributed by atoms with van der Waals surface area (Å²) in [6.07, 6.45) is 4.74. The van der Waals surface area contributed by atoms with Gasteiger partial charge in [-0.15, -0.1) is 0 Å². The molecule has 1 N–H and O–H groups in total. The van der Waals surface area contributed by atoms with Crippen LogP contribution in [0.1, 0.15) is 26.7 Å². The van der Waals surface area contributed by atoms with Gasteiger partial charge in [-0.05, 0) is 45.7 Å². The van der Waals surface area contributed by atoms with Crippen LogP contribution in [-0.4, -0.2) is 77.8 Å². The molecule has 1 aromatic heterocycles. The predicted molar refractivity (Wildman–Crippen MR) is 97.4 cm³/mol. The van der Waals surface area contributed by atoms with Crippen LogP contribution in [0, 0.1) is 5.92 Å². The average Bonchev–Trinajstić information content (AvgIpc) is 2.68. The number of piperazine rings is 1. The topological polar surface area (TPSA) is 79.8 Å². The van der Waals surface area contributed by atoms with Crippen molar-refractivity contribution in [3.8, 4) is 11.8 Å². The van der Waals surface area contributed by atoms with E-state index in [0.717, 1.165) is 39.0 Å². The molecule has 2 aliphatic heterocycles. The van der Waals surface area contributed by atoms with Gasteiger partial charge < -0.3 is 19.7 Å². The maximum absolute atomic E-state index is 12.9. The smallest absolute Gasteiger partial charge is 0.416 e. The zero-order valence-corrected chi connectivity index (χ0v) is 15.9. The summed E-state index contributed by atoms with van der Waals surface area (Å²) in [4.78, 5) is 25.3. The van der Waals surface area contributed by atoms with Crippen LogP contribution in [0.3, 0.4) is 0 Å². The van der Waals surface area contributed by atoms with E-state index in [2.05, 4.69) is 34.0 Å². The highest BCUT2D eigenvalue weighted by Gasteiger charge is 2.37. The molecule has 2 aliphatic rings. The van der Waals surface area contributed by atoms with Gasteiger partial charge in [-0.2, -0.15) is 4.98 Å². The summed E-state index contributed by atoms with van der Waals surface area (Å²) in [5, 5.41) is 3.40. The van der Waals surface area contributed by atoms with E-state index in [4.69, 9.17) is 9.47 Å². The molecule has 1 atom stereocenters. The maximum Gasteiger partial charge on any atom is 0.416 e. The lowest BCUT2D eigenvalue weighted by molar-refractivity contribution is 0.0267. The van der Waals surface area contributed by atoms with Crippen molar-refractivity contribution in [1.29, 1.82) is 0 Å². The summed E-state index contributed by atoms with van der Waals surface area (Å²) in [6, 6.07) is 0.640. The summed E-state index contributed by atoms with van der Waals surface area (Å²) in [5.41, 5.74) is 0. The molecule has 8 heteroatoms. The first kappa shape index (κ1) is 18.8. The Morgan fingerprint density at radius 2 is 1.96 bits per heavy atom. The van der Waals surface area contributed by atoms with E-state index in [0.29, 0.717) is 24.4 Å². The summed E-state index contributed by atoms with van der Waals surface area (Å²) in [6.45, 7) is 8.85. The quantitative estimate of drug-likeness (QED) is 0.865. The van der Waals surface area contributed by atoms with Gasteiger partial charge in [0.1, 0.15) is 0 Å². The largest absolute Gasteiger partial charge is 0.480 e. The second kappa shape index (κ2) is 8.64. The van der Waals surface area contributed by atoms with Crippen LogP contribution in [0.4, 0.5) is 4.79 Å². The molecule has 26 heavy (non-hydrogen) atoms. The number of aromatic nitrogens is 2. The summed E-state index contributed by atoms with van der Waals surface area (Å²) in [5.74, 6) is 0.987. The van der Waals surface area contributed by atoms with Gasteiger partial charge in [-0.25, -0.2) is 4.79 Å². The van der Waals surface area contributed by atoms with Crippen molar-refractivity contribution in [2.45, 2.75) is 38.8 Å². The van der Waals surface area contributed by atoms with E-state index in [9.17, 15) is 4.79 Å². The molecule has 1 aromatic rings. The number of carbonyl (C=O) groups excluding carboxylic acids is 1. The molecule has 3 rings (SSSR count). The van der Waals surface area contributed by atoms with Gasteiger partial charge >= 0.3 is 6.09 Å². The second-order valence-corrected chi connectivity index (χ2v) is 7.20. The lowest BCUT2D eigenvalue weighted by Crippen LogP contribution is -2.60. The molecule has 0 aromatic carbocycles. The predicted octanol–water partition coefficient (Wildman–Crippen LogP) is 1.38. The molecular weight excluding hydrogens is 334 g/mol. The van der Waals surface area contributed by atoms with Crippen molar-refractivity contribution in [1.82, 2.24) is 25.1 Å². The lowest BCUT2D eigenvalue weighted by atomic mass is 9.87. The fourth-order valence-corrected chi connectivity index (χ4v) is 3.79. The average molecular weight is 363 g/mol. The van der Waals surface area contributed by atoms with Gasteiger partial charge in [-0.1, -0.05) is 0 Å². The van der Waals surface area contributed by atoms with Crippen LogP contribution < -0.4 is 14.8 Å². The number of ether oxygens (including phenoxy) is 2. The molecular formula is C18H29N5O3. The minimum atomic E-state index is -0.348. The molecule has 144 valence electrons. The first-order chi connectivity index (χ1) is 12.6.